The van der Waals surface area contributed by atoms with Crippen molar-refractivity contribution in [3.8, 4) is 0 Å². The van der Waals surface area contributed by atoms with Crippen LogP contribution in [0, 0.1) is 16.7 Å². The minimum Gasteiger partial charge on any atom is -0.459 e. The zero-order valence-electron chi connectivity index (χ0n) is 48.8. The third-order valence-electron chi connectivity index (χ3n) is 19.3. The van der Waals surface area contributed by atoms with Gasteiger partial charge in [-0.25, -0.2) is 4.79 Å². The smallest absolute Gasteiger partial charge is 0.337 e. The number of esters is 3. The van der Waals surface area contributed by atoms with E-state index in [9.17, 15) is 19.5 Å². The first-order chi connectivity index (χ1) is 35.6. The number of aliphatic hydroxyl groups is 1. The molecule has 1 aromatic carbocycles. The Balaban J connectivity index is 1.71. The van der Waals surface area contributed by atoms with Gasteiger partial charge in [-0.1, -0.05) is 128 Å². The van der Waals surface area contributed by atoms with Crippen LogP contribution in [0.1, 0.15) is 147 Å². The summed E-state index contributed by atoms with van der Waals surface area (Å²) in [6, 6.07) is 12.8. The Labute approximate surface area is 465 Å². The summed E-state index contributed by atoms with van der Waals surface area (Å²) in [5.41, 5.74) is -5.06. The molecule has 1 amide bonds. The Hall–Kier alpha value is -2.34. The number of Topliss-reactive ketones (excluding diaryl/α,β-unsaturated/α-hetero) is 1. The van der Waals surface area contributed by atoms with Crippen LogP contribution in [0.4, 0.5) is 0 Å². The van der Waals surface area contributed by atoms with E-state index in [-0.39, 0.29) is 49.0 Å². The summed E-state index contributed by atoms with van der Waals surface area (Å²) in [5, 5.41) is 17.5. The molecule has 0 spiro atoms. The average Bonchev–Trinajstić information content (AvgIpc) is 3.41. The van der Waals surface area contributed by atoms with Gasteiger partial charge in [0.1, 0.15) is 30.0 Å². The van der Waals surface area contributed by atoms with Gasteiger partial charge in [-0.2, -0.15) is 0 Å². The van der Waals surface area contributed by atoms with Gasteiger partial charge in [-0.05, 0) is 97.8 Å². The quantitative estimate of drug-likeness (QED) is 0.0590. The highest BCUT2D eigenvalue weighted by Crippen LogP contribution is 2.65. The second-order valence-electron chi connectivity index (χ2n) is 24.6. The molecule has 14 nitrogen and oxygen atoms in total. The van der Waals surface area contributed by atoms with E-state index in [4.69, 9.17) is 32.2 Å². The number of rotatable bonds is 14. The van der Waals surface area contributed by atoms with Crippen LogP contribution in [0.2, 0.25) is 54.4 Å². The summed E-state index contributed by atoms with van der Waals surface area (Å²) in [7, 11) is -4.97. The molecule has 0 radical (unpaired) electrons. The topological polar surface area (TPSA) is 182 Å². The van der Waals surface area contributed by atoms with Crippen molar-refractivity contribution in [1.82, 2.24) is 5.32 Å². The molecule has 6 rings (SSSR count). The van der Waals surface area contributed by atoms with Crippen LogP contribution in [0.25, 0.3) is 0 Å². The fraction of sp³-hybridized carbons (Fsp3) is 0.772. The van der Waals surface area contributed by atoms with Gasteiger partial charge in [0.25, 0.3) is 0 Å². The highest BCUT2D eigenvalue weighted by molar-refractivity contribution is 8.76. The molecule has 3 bridgehead atoms. The van der Waals surface area contributed by atoms with Crippen LogP contribution in [-0.2, 0) is 56.2 Å². The number of carbonyl (C=O) groups is 5. The summed E-state index contributed by atoms with van der Waals surface area (Å²) >= 11 is 0. The number of amides is 1. The van der Waals surface area contributed by atoms with Crippen LogP contribution in [0.3, 0.4) is 0 Å². The van der Waals surface area contributed by atoms with Crippen LogP contribution < -0.4 is 5.32 Å². The van der Waals surface area contributed by atoms with Gasteiger partial charge in [0.05, 0.1) is 30.1 Å². The molecule has 11 atom stereocenters. The van der Waals surface area contributed by atoms with Gasteiger partial charge in [-0.3, -0.25) is 19.2 Å². The van der Waals surface area contributed by atoms with E-state index in [1.165, 1.54) is 6.92 Å². The van der Waals surface area contributed by atoms with Crippen LogP contribution >= 0.6 is 21.6 Å². The largest absolute Gasteiger partial charge is 0.459 e. The number of benzene rings is 1. The fourth-order valence-electron chi connectivity index (χ4n) is 12.9. The molecule has 0 aromatic heterocycles. The average molecular weight is 1150 g/mol. The summed E-state index contributed by atoms with van der Waals surface area (Å²) in [5.74, 6) is -2.46. The molecule has 0 unspecified atom stereocenters. The SMILES string of the molecule is CC[Si](CC)(CC)O[C@H]1C(=O)[C@]2(C)[C@@H](O[Si](CC)(CC)CC)C[C@H]3OC[C@@]3(OC(C)=O)[C@H]2[C@@H]2OC(=O)CCCSSCCCC(=O)N[C@@H](c3ccccc3)[C@@H](O[Si](C)(C)C(C)(C)C)C(=O)O[C@H]3C[C@]2(O)C(C)(C)C1=C3C. The molecule has 1 aromatic rings. The van der Waals surface area contributed by atoms with Crippen LogP contribution in [-0.4, -0.2) is 126 Å². The van der Waals surface area contributed by atoms with Crippen LogP contribution in [0.15, 0.2) is 41.5 Å². The Morgan fingerprint density at radius 1 is 0.829 bits per heavy atom. The lowest BCUT2D eigenvalue weighted by molar-refractivity contribution is -0.346. The van der Waals surface area contributed by atoms with E-state index in [1.54, 1.807) is 21.6 Å². The van der Waals surface area contributed by atoms with E-state index in [1.807, 2.05) is 71.1 Å². The lowest BCUT2D eigenvalue weighted by atomic mass is 9.44. The number of ether oxygens (including phenoxy) is 4. The number of ketones is 1. The van der Waals surface area contributed by atoms with Gasteiger partial charge >= 0.3 is 17.9 Å². The second-order valence-corrected chi connectivity index (χ2v) is 41.5. The first-order valence-corrected chi connectivity index (χ1v) is 38.8. The first kappa shape index (κ1) is 62.9. The number of fused-ring (bicyclic) bond motifs is 6. The summed E-state index contributed by atoms with van der Waals surface area (Å²) in [6.45, 7) is 31.7. The maximum absolute atomic E-state index is 17.2. The molecule has 19 heteroatoms. The minimum atomic E-state index is -2.85. The van der Waals surface area contributed by atoms with Crippen molar-refractivity contribution in [2.24, 2.45) is 16.7 Å². The van der Waals surface area contributed by atoms with E-state index in [2.05, 4.69) is 67.6 Å². The number of hydrogen-bond acceptors (Lipinski definition) is 15. The zero-order chi connectivity index (χ0) is 56.5. The van der Waals surface area contributed by atoms with Crippen molar-refractivity contribution in [2.45, 2.75) is 244 Å². The molecule has 2 aliphatic heterocycles. The fourth-order valence-corrected chi connectivity index (χ4v) is 21.9. The zero-order valence-corrected chi connectivity index (χ0v) is 53.4. The normalized spacial score (nSPS) is 33.3. The third-order valence-corrected chi connectivity index (χ3v) is 35.6. The van der Waals surface area contributed by atoms with E-state index >= 15 is 9.59 Å². The maximum Gasteiger partial charge on any atom is 0.337 e. The van der Waals surface area contributed by atoms with E-state index in [0.29, 0.717) is 59.2 Å². The van der Waals surface area contributed by atoms with Crippen molar-refractivity contribution in [3.05, 3.63) is 47.0 Å². The van der Waals surface area contributed by atoms with Crippen molar-refractivity contribution in [1.29, 1.82) is 0 Å². The molecule has 5 aliphatic rings. The molecule has 3 aliphatic carbocycles. The Kier molecular flexibility index (Phi) is 20.2. The Morgan fingerprint density at radius 3 is 1.92 bits per heavy atom. The van der Waals surface area contributed by atoms with Gasteiger partial charge < -0.3 is 42.6 Å². The maximum atomic E-state index is 17.2. The standard InChI is InChI=1S/C57H93NO13S2Si3/c1-17-75(18-2,19-3)69-41-34-42-56(36-65-42,68-38(8)59)49-51-57(64)35-40(37(7)45(54(57,12)13)47(50(62)55(41,49)14)71-76(20-4,21-5)22-6)66-52(63)48(70-74(15,16)53(9,10)11)46(39-28-24-23-25-29-39)58-43(60)30-26-32-72-73-33-27-31-44(61)67-51/h23-25,28-29,40-42,46-49,51,64H,17-22,26-27,30-36H2,1-16H3,(H,58,60)/t40-,41-,42+,46-,47+,48+,49-,51-,55+,56-,57+/m0/s1. The predicted molar refractivity (Wildman–Crippen MR) is 308 cm³/mol. The lowest BCUT2D eigenvalue weighted by Crippen LogP contribution is -2.82. The van der Waals surface area contributed by atoms with Crippen molar-refractivity contribution >= 4 is 76.1 Å². The second kappa shape index (κ2) is 24.4. The van der Waals surface area contributed by atoms with Crippen molar-refractivity contribution in [3.63, 3.8) is 0 Å². The predicted octanol–water partition coefficient (Wildman–Crippen LogP) is 11.6. The summed E-state index contributed by atoms with van der Waals surface area (Å²) in [4.78, 5) is 75.6. The molecule has 2 heterocycles. The van der Waals surface area contributed by atoms with Crippen molar-refractivity contribution < 1.29 is 61.3 Å². The summed E-state index contributed by atoms with van der Waals surface area (Å²) < 4.78 is 49.2. The number of carbonyl (C=O) groups excluding carboxylic acids is 5. The molecule has 2 N–H and O–H groups in total. The molecule has 76 heavy (non-hydrogen) atoms. The monoisotopic (exact) mass is 1150 g/mol. The molecule has 2 saturated heterocycles. The Bertz CT molecular complexity index is 2270. The first-order valence-electron chi connectivity index (χ1n) is 28.4. The van der Waals surface area contributed by atoms with Gasteiger partial charge in [-0.15, -0.1) is 0 Å². The molecular weight excluding hydrogens is 1060 g/mol. The molecule has 428 valence electrons. The third kappa shape index (κ3) is 11.9. The molecule has 2 saturated carbocycles. The van der Waals surface area contributed by atoms with E-state index in [0.717, 1.165) is 18.1 Å². The molecule has 4 fully saturated rings. The van der Waals surface area contributed by atoms with Crippen LogP contribution in [0.5, 0.6) is 0 Å². The lowest BCUT2D eigenvalue weighted by Gasteiger charge is -2.68. The number of hydrogen-bond donors (Lipinski definition) is 2. The highest BCUT2D eigenvalue weighted by Gasteiger charge is 2.79. The summed E-state index contributed by atoms with van der Waals surface area (Å²) in [6.07, 6.45) is -5.82. The highest BCUT2D eigenvalue weighted by atomic mass is 33.1. The Morgan fingerprint density at radius 2 is 1.39 bits per heavy atom. The van der Waals surface area contributed by atoms with Gasteiger partial charge in [0, 0.05) is 49.5 Å². The minimum absolute atomic E-state index is 0.00482. The molecular formula is C57H93NO13S2Si3. The number of nitrogens with one attached hydrogen (secondary N) is 1. The van der Waals surface area contributed by atoms with Gasteiger partial charge in [0.2, 0.25) is 5.91 Å². The van der Waals surface area contributed by atoms with E-state index < -0.39 is 113 Å². The van der Waals surface area contributed by atoms with Crippen molar-refractivity contribution in [2.75, 3.05) is 18.1 Å². The van der Waals surface area contributed by atoms with Gasteiger partial charge in [0.15, 0.2) is 42.4 Å².